The van der Waals surface area contributed by atoms with Gasteiger partial charge in [0.15, 0.2) is 0 Å². The maximum Gasteiger partial charge on any atom is 0.315 e. The molecule has 20 heavy (non-hydrogen) atoms. The third kappa shape index (κ3) is 6.59. The van der Waals surface area contributed by atoms with Crippen LogP contribution in [0.1, 0.15) is 52.4 Å². The van der Waals surface area contributed by atoms with Crippen LogP contribution in [-0.4, -0.2) is 29.2 Å². The van der Waals surface area contributed by atoms with Crippen molar-refractivity contribution in [3.05, 3.63) is 12.2 Å². The molecule has 0 saturated carbocycles. The molecule has 0 aliphatic heterocycles. The molecule has 3 unspecified atom stereocenters. The minimum absolute atomic E-state index is 0.0649. The van der Waals surface area contributed by atoms with Crippen molar-refractivity contribution in [1.29, 1.82) is 0 Å². The van der Waals surface area contributed by atoms with E-state index in [4.69, 9.17) is 5.11 Å². The molecule has 0 bridgehead atoms. The van der Waals surface area contributed by atoms with Gasteiger partial charge in [-0.2, -0.15) is 0 Å². The van der Waals surface area contributed by atoms with E-state index >= 15 is 0 Å². The molecule has 3 N–H and O–H groups in total. The molecule has 1 rings (SSSR count). The van der Waals surface area contributed by atoms with Crippen molar-refractivity contribution in [3.63, 3.8) is 0 Å². The first kappa shape index (κ1) is 16.5. The van der Waals surface area contributed by atoms with Crippen LogP contribution in [-0.2, 0) is 4.79 Å². The lowest BCUT2D eigenvalue weighted by Crippen LogP contribution is -2.45. The number of carboxylic acid groups (broad SMARTS) is 1. The molecule has 0 radical (unpaired) electrons. The summed E-state index contributed by atoms with van der Waals surface area (Å²) in [6.45, 7) is 3.66. The number of urea groups is 1. The van der Waals surface area contributed by atoms with Crippen molar-refractivity contribution < 1.29 is 14.7 Å². The molecular weight excluding hydrogens is 256 g/mol. The van der Waals surface area contributed by atoms with Crippen LogP contribution in [0.4, 0.5) is 4.79 Å². The van der Waals surface area contributed by atoms with Gasteiger partial charge in [0.25, 0.3) is 0 Å². The van der Waals surface area contributed by atoms with Crippen molar-refractivity contribution in [2.45, 2.75) is 64.5 Å². The number of carboxylic acids is 1. The Hall–Kier alpha value is -1.52. The fourth-order valence-corrected chi connectivity index (χ4v) is 2.30. The molecule has 0 spiro atoms. The molecule has 0 aromatic carbocycles. The molecule has 1 aliphatic carbocycles. The second-order valence-electron chi connectivity index (χ2n) is 5.67. The zero-order valence-electron chi connectivity index (χ0n) is 12.4. The molecular formula is C15H26N2O3. The zero-order valence-corrected chi connectivity index (χ0v) is 12.4. The van der Waals surface area contributed by atoms with Crippen LogP contribution in [0.3, 0.4) is 0 Å². The Labute approximate surface area is 120 Å². The van der Waals surface area contributed by atoms with Crippen molar-refractivity contribution >= 4 is 12.0 Å². The number of allylic oxidation sites excluding steroid dienone is 1. The molecule has 0 fully saturated rings. The normalized spacial score (nSPS) is 21.0. The smallest absolute Gasteiger partial charge is 0.315 e. The topological polar surface area (TPSA) is 78.4 Å². The van der Waals surface area contributed by atoms with E-state index in [0.717, 1.165) is 32.1 Å². The van der Waals surface area contributed by atoms with Gasteiger partial charge in [-0.15, -0.1) is 0 Å². The predicted octanol–water partition coefficient (Wildman–Crippen LogP) is 2.67. The molecule has 1 aliphatic rings. The van der Waals surface area contributed by atoms with Gasteiger partial charge in [-0.25, -0.2) is 4.79 Å². The first-order chi connectivity index (χ1) is 9.49. The first-order valence-electron chi connectivity index (χ1n) is 7.44. The highest BCUT2D eigenvalue weighted by atomic mass is 16.4. The average Bonchev–Trinajstić information content (AvgIpc) is 2.39. The first-order valence-corrected chi connectivity index (χ1v) is 7.44. The van der Waals surface area contributed by atoms with Gasteiger partial charge in [-0.3, -0.25) is 4.79 Å². The maximum atomic E-state index is 11.8. The summed E-state index contributed by atoms with van der Waals surface area (Å²) >= 11 is 0. The molecule has 114 valence electrons. The predicted molar refractivity (Wildman–Crippen MR) is 78.6 cm³/mol. The number of carbonyl (C=O) groups is 2. The largest absolute Gasteiger partial charge is 0.481 e. The summed E-state index contributed by atoms with van der Waals surface area (Å²) in [6, 6.07) is 0.179. The van der Waals surface area contributed by atoms with Gasteiger partial charge in [0.1, 0.15) is 0 Å². The number of nitrogens with one attached hydrogen (secondary N) is 2. The molecule has 5 nitrogen and oxygen atoms in total. The van der Waals surface area contributed by atoms with Crippen LogP contribution >= 0.6 is 0 Å². The second-order valence-corrected chi connectivity index (χ2v) is 5.67. The Morgan fingerprint density at radius 3 is 2.65 bits per heavy atom. The Morgan fingerprint density at radius 1 is 1.30 bits per heavy atom. The summed E-state index contributed by atoms with van der Waals surface area (Å²) in [5.74, 6) is -1.07. The van der Waals surface area contributed by atoms with Crippen LogP contribution in [0.2, 0.25) is 0 Å². The van der Waals surface area contributed by atoms with E-state index in [-0.39, 0.29) is 24.0 Å². The number of rotatable bonds is 7. The summed E-state index contributed by atoms with van der Waals surface area (Å²) in [6.07, 6.45) is 9.42. The third-order valence-corrected chi connectivity index (χ3v) is 3.68. The Bertz CT molecular complexity index is 355. The Morgan fingerprint density at radius 2 is 2.05 bits per heavy atom. The SMILES string of the molecule is CC(CCCC(C)C(=O)O)NC(=O)NC1CC=CCC1. The number of hydrogen-bond donors (Lipinski definition) is 3. The fraction of sp³-hybridized carbons (Fsp3) is 0.733. The minimum Gasteiger partial charge on any atom is -0.481 e. The Balaban J connectivity index is 2.14. The third-order valence-electron chi connectivity index (χ3n) is 3.68. The van der Waals surface area contributed by atoms with Crippen LogP contribution < -0.4 is 10.6 Å². The fourth-order valence-electron chi connectivity index (χ4n) is 2.30. The van der Waals surface area contributed by atoms with Crippen molar-refractivity contribution in [2.24, 2.45) is 5.92 Å². The van der Waals surface area contributed by atoms with Crippen LogP contribution in [0.25, 0.3) is 0 Å². The van der Waals surface area contributed by atoms with E-state index in [9.17, 15) is 9.59 Å². The van der Waals surface area contributed by atoms with E-state index in [2.05, 4.69) is 22.8 Å². The van der Waals surface area contributed by atoms with E-state index in [1.54, 1.807) is 6.92 Å². The van der Waals surface area contributed by atoms with E-state index < -0.39 is 5.97 Å². The second kappa shape index (κ2) is 8.61. The lowest BCUT2D eigenvalue weighted by atomic mass is 10.0. The van der Waals surface area contributed by atoms with E-state index in [1.165, 1.54) is 0 Å². The maximum absolute atomic E-state index is 11.8. The van der Waals surface area contributed by atoms with Crippen LogP contribution in [0.5, 0.6) is 0 Å². The van der Waals surface area contributed by atoms with Crippen molar-refractivity contribution in [3.8, 4) is 0 Å². The summed E-state index contributed by atoms with van der Waals surface area (Å²) in [7, 11) is 0. The molecule has 0 aromatic rings. The summed E-state index contributed by atoms with van der Waals surface area (Å²) in [4.78, 5) is 22.5. The summed E-state index contributed by atoms with van der Waals surface area (Å²) in [5, 5.41) is 14.7. The number of carbonyl (C=O) groups excluding carboxylic acids is 1. The van der Waals surface area contributed by atoms with Gasteiger partial charge in [0.05, 0.1) is 5.92 Å². The zero-order chi connectivity index (χ0) is 15.0. The number of amides is 2. The molecule has 0 heterocycles. The van der Waals surface area contributed by atoms with Crippen molar-refractivity contribution in [2.75, 3.05) is 0 Å². The highest BCUT2D eigenvalue weighted by Gasteiger charge is 2.15. The van der Waals surface area contributed by atoms with Gasteiger partial charge in [0, 0.05) is 12.1 Å². The molecule has 3 atom stereocenters. The average molecular weight is 282 g/mol. The highest BCUT2D eigenvalue weighted by molar-refractivity contribution is 5.74. The van der Waals surface area contributed by atoms with Gasteiger partial charge < -0.3 is 15.7 Å². The summed E-state index contributed by atoms with van der Waals surface area (Å²) < 4.78 is 0. The van der Waals surface area contributed by atoms with E-state index in [0.29, 0.717) is 6.42 Å². The monoisotopic (exact) mass is 282 g/mol. The van der Waals surface area contributed by atoms with Crippen molar-refractivity contribution in [1.82, 2.24) is 10.6 Å². The van der Waals surface area contributed by atoms with Gasteiger partial charge in [0.2, 0.25) is 0 Å². The highest BCUT2D eigenvalue weighted by Crippen LogP contribution is 2.11. The quantitative estimate of drug-likeness (QED) is 0.628. The molecule has 2 amide bonds. The lowest BCUT2D eigenvalue weighted by Gasteiger charge is -2.21. The molecule has 0 aromatic heterocycles. The Kier molecular flexibility index (Phi) is 7.12. The van der Waals surface area contributed by atoms with Gasteiger partial charge >= 0.3 is 12.0 Å². The van der Waals surface area contributed by atoms with Crippen LogP contribution in [0, 0.1) is 5.92 Å². The minimum atomic E-state index is -0.756. The molecule has 0 saturated heterocycles. The number of aliphatic carboxylic acids is 1. The number of hydrogen-bond acceptors (Lipinski definition) is 2. The van der Waals surface area contributed by atoms with Gasteiger partial charge in [-0.1, -0.05) is 25.5 Å². The summed E-state index contributed by atoms with van der Waals surface area (Å²) in [5.41, 5.74) is 0. The molecule has 5 heteroatoms. The van der Waals surface area contributed by atoms with E-state index in [1.807, 2.05) is 6.92 Å². The van der Waals surface area contributed by atoms with Gasteiger partial charge in [-0.05, 0) is 39.0 Å². The van der Waals surface area contributed by atoms with Crippen LogP contribution in [0.15, 0.2) is 12.2 Å². The standard InChI is InChI=1S/C15H26N2O3/c1-11(14(18)19)7-6-8-12(2)16-15(20)17-13-9-4-3-5-10-13/h3-4,11-13H,5-10H2,1-2H3,(H,18,19)(H2,16,17,20). The lowest BCUT2D eigenvalue weighted by molar-refractivity contribution is -0.141.